The maximum absolute atomic E-state index is 4.74. The van der Waals surface area contributed by atoms with E-state index < -0.39 is 0 Å². The number of benzene rings is 2. The summed E-state index contributed by atoms with van der Waals surface area (Å²) in [4.78, 5) is 9.24. The van der Waals surface area contributed by atoms with Gasteiger partial charge in [0.15, 0.2) is 5.82 Å². The highest BCUT2D eigenvalue weighted by Crippen LogP contribution is 2.31. The molecule has 7 heteroatoms. The molecule has 2 N–H and O–H groups in total. The average Bonchev–Trinajstić information content (AvgIpc) is 3.44. The molecule has 0 saturated heterocycles. The molecule has 5 rings (SSSR count). The van der Waals surface area contributed by atoms with E-state index in [0.29, 0.717) is 0 Å². The molecule has 150 valence electrons. The van der Waals surface area contributed by atoms with E-state index in [1.165, 1.54) is 11.1 Å². The van der Waals surface area contributed by atoms with Crippen molar-refractivity contribution in [1.29, 1.82) is 0 Å². The lowest BCUT2D eigenvalue weighted by molar-refractivity contribution is 0.509. The highest BCUT2D eigenvalue weighted by atomic mass is 32.2. The van der Waals surface area contributed by atoms with E-state index in [0.717, 1.165) is 52.9 Å². The van der Waals surface area contributed by atoms with Crippen molar-refractivity contribution in [2.45, 2.75) is 20.0 Å². The molecule has 0 saturated carbocycles. The van der Waals surface area contributed by atoms with Crippen LogP contribution in [-0.4, -0.2) is 30.2 Å². The SMILES string of the molecule is CCSN1Cc2ccc(-c3nccc(Nc4ccc(-c5cn[nH]c5)cc4)n3)cc2C1. The van der Waals surface area contributed by atoms with Gasteiger partial charge < -0.3 is 5.32 Å². The van der Waals surface area contributed by atoms with E-state index in [-0.39, 0.29) is 0 Å². The molecule has 4 aromatic rings. The standard InChI is InChI=1S/C23H22N6S/c1-2-30-29-14-18-4-3-17(11-19(18)15-29)23-24-10-9-22(28-23)27-21-7-5-16(6-8-21)20-12-25-26-13-20/h3-13H,2,14-15H2,1H3,(H,25,26)(H,24,27,28). The summed E-state index contributed by atoms with van der Waals surface area (Å²) < 4.78 is 2.40. The molecular weight excluding hydrogens is 392 g/mol. The molecule has 0 amide bonds. The van der Waals surface area contributed by atoms with Crippen LogP contribution in [-0.2, 0) is 13.1 Å². The quantitative estimate of drug-likeness (QED) is 0.419. The fourth-order valence-corrected chi connectivity index (χ4v) is 4.47. The Balaban J connectivity index is 1.33. The summed E-state index contributed by atoms with van der Waals surface area (Å²) in [7, 11) is 0. The Kier molecular flexibility index (Phi) is 5.21. The topological polar surface area (TPSA) is 69.7 Å². The summed E-state index contributed by atoms with van der Waals surface area (Å²) in [6.07, 6.45) is 5.50. The summed E-state index contributed by atoms with van der Waals surface area (Å²) in [5.74, 6) is 2.61. The van der Waals surface area contributed by atoms with Crippen molar-refractivity contribution in [3.8, 4) is 22.5 Å². The van der Waals surface area contributed by atoms with Gasteiger partial charge in [-0.05, 0) is 41.0 Å². The molecule has 2 aromatic carbocycles. The number of hydrogen-bond donors (Lipinski definition) is 2. The lowest BCUT2D eigenvalue weighted by Gasteiger charge is -2.10. The molecule has 6 nitrogen and oxygen atoms in total. The van der Waals surface area contributed by atoms with Gasteiger partial charge in [0.2, 0.25) is 0 Å². The second-order valence-electron chi connectivity index (χ2n) is 7.15. The van der Waals surface area contributed by atoms with Gasteiger partial charge in [-0.3, -0.25) is 5.10 Å². The maximum Gasteiger partial charge on any atom is 0.161 e. The minimum Gasteiger partial charge on any atom is -0.340 e. The van der Waals surface area contributed by atoms with Crippen molar-refractivity contribution in [3.63, 3.8) is 0 Å². The van der Waals surface area contributed by atoms with Crippen LogP contribution in [0.5, 0.6) is 0 Å². The first-order valence-electron chi connectivity index (χ1n) is 9.98. The van der Waals surface area contributed by atoms with Crippen molar-refractivity contribution in [2.24, 2.45) is 0 Å². The second-order valence-corrected chi connectivity index (χ2v) is 8.51. The molecule has 0 radical (unpaired) electrons. The average molecular weight is 415 g/mol. The summed E-state index contributed by atoms with van der Waals surface area (Å²) in [5, 5.41) is 10.2. The van der Waals surface area contributed by atoms with E-state index >= 15 is 0 Å². The van der Waals surface area contributed by atoms with E-state index in [1.54, 1.807) is 6.20 Å². The number of aromatic nitrogens is 4. The Morgan fingerprint density at radius 3 is 2.63 bits per heavy atom. The van der Waals surface area contributed by atoms with Crippen LogP contribution >= 0.6 is 11.9 Å². The van der Waals surface area contributed by atoms with Gasteiger partial charge in [-0.1, -0.05) is 43.1 Å². The number of hydrogen-bond acceptors (Lipinski definition) is 6. The smallest absolute Gasteiger partial charge is 0.161 e. The zero-order chi connectivity index (χ0) is 20.3. The van der Waals surface area contributed by atoms with Crippen molar-refractivity contribution >= 4 is 23.5 Å². The van der Waals surface area contributed by atoms with E-state index in [9.17, 15) is 0 Å². The number of aromatic amines is 1. The predicted octanol–water partition coefficient (Wildman–Crippen LogP) is 5.26. The number of rotatable bonds is 6. The summed E-state index contributed by atoms with van der Waals surface area (Å²) in [6, 6.07) is 16.7. The number of nitrogens with one attached hydrogen (secondary N) is 2. The minimum atomic E-state index is 0.736. The maximum atomic E-state index is 4.74. The molecule has 2 aromatic heterocycles. The van der Waals surface area contributed by atoms with Crippen molar-refractivity contribution in [2.75, 3.05) is 11.1 Å². The van der Waals surface area contributed by atoms with Crippen LogP contribution in [0.1, 0.15) is 18.1 Å². The normalized spacial score (nSPS) is 13.4. The first kappa shape index (κ1) is 18.8. The number of H-pyrrole nitrogens is 1. The lowest BCUT2D eigenvalue weighted by atomic mass is 10.1. The van der Waals surface area contributed by atoms with E-state index in [4.69, 9.17) is 4.98 Å². The Bertz CT molecular complexity index is 1140. The van der Waals surface area contributed by atoms with Crippen molar-refractivity contribution in [3.05, 3.63) is 78.2 Å². The number of fused-ring (bicyclic) bond motifs is 1. The zero-order valence-electron chi connectivity index (χ0n) is 16.7. The van der Waals surface area contributed by atoms with Gasteiger partial charge in [-0.25, -0.2) is 14.3 Å². The summed E-state index contributed by atoms with van der Waals surface area (Å²) in [5.41, 5.74) is 6.98. The highest BCUT2D eigenvalue weighted by Gasteiger charge is 2.19. The van der Waals surface area contributed by atoms with E-state index in [1.807, 2.05) is 42.5 Å². The largest absolute Gasteiger partial charge is 0.340 e. The lowest BCUT2D eigenvalue weighted by Crippen LogP contribution is -2.05. The molecule has 0 bridgehead atoms. The van der Waals surface area contributed by atoms with Crippen LogP contribution < -0.4 is 5.32 Å². The number of anilines is 2. The Labute approximate surface area is 179 Å². The molecule has 0 fully saturated rings. The molecule has 0 spiro atoms. The van der Waals surface area contributed by atoms with Crippen LogP contribution in [0.15, 0.2) is 67.1 Å². The van der Waals surface area contributed by atoms with E-state index in [2.05, 4.69) is 62.1 Å². The first-order chi connectivity index (χ1) is 14.8. The van der Waals surface area contributed by atoms with Crippen LogP contribution in [0.4, 0.5) is 11.5 Å². The van der Waals surface area contributed by atoms with Crippen molar-refractivity contribution < 1.29 is 0 Å². The minimum absolute atomic E-state index is 0.736. The molecule has 0 aliphatic carbocycles. The van der Waals surface area contributed by atoms with Gasteiger partial charge in [0.1, 0.15) is 5.82 Å². The molecular formula is C23H22N6S. The Morgan fingerprint density at radius 2 is 1.83 bits per heavy atom. The molecule has 3 heterocycles. The monoisotopic (exact) mass is 414 g/mol. The molecule has 0 atom stereocenters. The van der Waals surface area contributed by atoms with Crippen LogP contribution in [0, 0.1) is 0 Å². The van der Waals surface area contributed by atoms with Gasteiger partial charge >= 0.3 is 0 Å². The predicted molar refractivity (Wildman–Crippen MR) is 122 cm³/mol. The Morgan fingerprint density at radius 1 is 1.00 bits per heavy atom. The summed E-state index contributed by atoms with van der Waals surface area (Å²) >= 11 is 1.89. The summed E-state index contributed by atoms with van der Waals surface area (Å²) in [6.45, 7) is 4.17. The van der Waals surface area contributed by atoms with Gasteiger partial charge in [-0.2, -0.15) is 5.10 Å². The van der Waals surface area contributed by atoms with Gasteiger partial charge in [-0.15, -0.1) is 0 Å². The van der Waals surface area contributed by atoms with Crippen LogP contribution in [0.25, 0.3) is 22.5 Å². The molecule has 1 aliphatic rings. The van der Waals surface area contributed by atoms with Gasteiger partial charge in [0.25, 0.3) is 0 Å². The Hall–Kier alpha value is -3.16. The molecule has 30 heavy (non-hydrogen) atoms. The zero-order valence-corrected chi connectivity index (χ0v) is 17.5. The van der Waals surface area contributed by atoms with Gasteiger partial charge in [0.05, 0.1) is 6.20 Å². The third-order valence-electron chi connectivity index (χ3n) is 5.11. The molecule has 0 unspecified atom stereocenters. The third kappa shape index (κ3) is 3.94. The molecule has 1 aliphatic heterocycles. The van der Waals surface area contributed by atoms with Crippen LogP contribution in [0.3, 0.4) is 0 Å². The van der Waals surface area contributed by atoms with Crippen molar-refractivity contribution in [1.82, 2.24) is 24.5 Å². The first-order valence-corrected chi connectivity index (χ1v) is 10.9. The fourth-order valence-electron chi connectivity index (χ4n) is 3.65. The second kappa shape index (κ2) is 8.30. The third-order valence-corrected chi connectivity index (χ3v) is 6.00. The van der Waals surface area contributed by atoms with Gasteiger partial charge in [0, 0.05) is 48.1 Å². The fraction of sp³-hybridized carbons (Fsp3) is 0.174. The number of nitrogens with zero attached hydrogens (tertiary/aromatic N) is 4. The van der Waals surface area contributed by atoms with Crippen LogP contribution in [0.2, 0.25) is 0 Å². The highest BCUT2D eigenvalue weighted by molar-refractivity contribution is 7.96.